The van der Waals surface area contributed by atoms with Crippen molar-refractivity contribution in [2.75, 3.05) is 13.2 Å². The first-order valence-corrected chi connectivity index (χ1v) is 4.58. The number of hydrogen-bond donors (Lipinski definition) is 3. The lowest BCUT2D eigenvalue weighted by atomic mass is 9.99. The van der Waals surface area contributed by atoms with Gasteiger partial charge >= 0.3 is 0 Å². The highest BCUT2D eigenvalue weighted by molar-refractivity contribution is 4.93. The van der Waals surface area contributed by atoms with Gasteiger partial charge in [-0.15, -0.1) is 0 Å². The Balaban J connectivity index is 2.45. The normalized spacial score (nSPS) is 28.2. The highest BCUT2D eigenvalue weighted by Gasteiger charge is 2.33. The van der Waals surface area contributed by atoms with Gasteiger partial charge in [-0.1, -0.05) is 0 Å². The van der Waals surface area contributed by atoms with Crippen LogP contribution >= 0.6 is 0 Å². The van der Waals surface area contributed by atoms with Gasteiger partial charge in [-0.2, -0.15) is 0 Å². The van der Waals surface area contributed by atoms with Gasteiger partial charge in [0.1, 0.15) is 0 Å². The summed E-state index contributed by atoms with van der Waals surface area (Å²) in [6.45, 7) is 4.45. The second kappa shape index (κ2) is 3.73. The third-order valence-corrected chi connectivity index (χ3v) is 2.69. The Morgan fingerprint density at radius 2 is 2.00 bits per heavy atom. The first kappa shape index (κ1) is 9.96. The molecule has 0 amide bonds. The zero-order valence-corrected chi connectivity index (χ0v) is 7.88. The third-order valence-electron chi connectivity index (χ3n) is 2.69. The summed E-state index contributed by atoms with van der Waals surface area (Å²) in [5, 5.41) is 21.3. The first-order chi connectivity index (χ1) is 5.59. The van der Waals surface area contributed by atoms with Crippen molar-refractivity contribution in [1.82, 2.24) is 5.32 Å². The van der Waals surface area contributed by atoms with Gasteiger partial charge in [0.05, 0.1) is 0 Å². The molecule has 0 radical (unpaired) electrons. The van der Waals surface area contributed by atoms with Crippen LogP contribution in [0.4, 0.5) is 0 Å². The van der Waals surface area contributed by atoms with E-state index >= 15 is 0 Å². The number of aliphatic hydroxyl groups is 2. The summed E-state index contributed by atoms with van der Waals surface area (Å²) in [6, 6.07) is 0.287. The van der Waals surface area contributed by atoms with E-state index in [1.165, 1.54) is 0 Å². The van der Waals surface area contributed by atoms with Crippen LogP contribution in [-0.4, -0.2) is 35.0 Å². The van der Waals surface area contributed by atoms with Gasteiger partial charge in [0, 0.05) is 30.7 Å². The van der Waals surface area contributed by atoms with Crippen LogP contribution < -0.4 is 5.32 Å². The Hall–Kier alpha value is -0.120. The van der Waals surface area contributed by atoms with Crippen LogP contribution in [0.2, 0.25) is 0 Å². The van der Waals surface area contributed by atoms with Crippen LogP contribution in [0.3, 0.4) is 0 Å². The molecular weight excluding hydrogens is 154 g/mol. The van der Waals surface area contributed by atoms with Gasteiger partial charge in [0.15, 0.2) is 0 Å². The summed E-state index contributed by atoms with van der Waals surface area (Å²) in [5.74, 6) is 0.00627. The molecule has 3 N–H and O–H groups in total. The van der Waals surface area contributed by atoms with E-state index in [-0.39, 0.29) is 30.7 Å². The van der Waals surface area contributed by atoms with Gasteiger partial charge in [0.25, 0.3) is 0 Å². The van der Waals surface area contributed by atoms with Crippen LogP contribution in [0.5, 0.6) is 0 Å². The molecule has 0 aromatic rings. The molecule has 0 aromatic heterocycles. The Kier molecular flexibility index (Phi) is 3.09. The zero-order chi connectivity index (χ0) is 9.19. The lowest BCUT2D eigenvalue weighted by Crippen LogP contribution is -2.43. The molecule has 0 bridgehead atoms. The van der Waals surface area contributed by atoms with E-state index in [1.807, 2.05) is 0 Å². The molecule has 0 saturated carbocycles. The SMILES string of the molecule is CC1(C)CCC(C(CO)CO)N1. The summed E-state index contributed by atoms with van der Waals surface area (Å²) in [5.41, 5.74) is 0.174. The van der Waals surface area contributed by atoms with Crippen molar-refractivity contribution in [3.8, 4) is 0 Å². The molecule has 1 atom stereocenters. The second-order valence-corrected chi connectivity index (χ2v) is 4.30. The van der Waals surface area contributed by atoms with E-state index in [0.29, 0.717) is 0 Å². The number of rotatable bonds is 3. The van der Waals surface area contributed by atoms with E-state index in [0.717, 1.165) is 12.8 Å². The van der Waals surface area contributed by atoms with Crippen LogP contribution in [0.25, 0.3) is 0 Å². The molecule has 1 saturated heterocycles. The molecule has 0 aliphatic carbocycles. The van der Waals surface area contributed by atoms with E-state index in [1.54, 1.807) is 0 Å². The Bertz CT molecular complexity index is 143. The average Bonchev–Trinajstić information content (AvgIpc) is 2.34. The molecule has 1 unspecified atom stereocenters. The van der Waals surface area contributed by atoms with Crippen molar-refractivity contribution in [3.05, 3.63) is 0 Å². The fourth-order valence-electron chi connectivity index (χ4n) is 1.83. The van der Waals surface area contributed by atoms with Gasteiger partial charge in [-0.05, 0) is 26.7 Å². The fraction of sp³-hybridized carbons (Fsp3) is 1.00. The van der Waals surface area contributed by atoms with Gasteiger partial charge in [-0.25, -0.2) is 0 Å². The number of hydrogen-bond acceptors (Lipinski definition) is 3. The minimum atomic E-state index is 0.00627. The molecule has 72 valence electrons. The molecule has 0 spiro atoms. The summed E-state index contributed by atoms with van der Waals surface area (Å²) in [4.78, 5) is 0. The van der Waals surface area contributed by atoms with Crippen molar-refractivity contribution in [3.63, 3.8) is 0 Å². The monoisotopic (exact) mass is 173 g/mol. The molecule has 0 aromatic carbocycles. The van der Waals surface area contributed by atoms with E-state index in [2.05, 4.69) is 19.2 Å². The lowest BCUT2D eigenvalue weighted by molar-refractivity contribution is 0.122. The summed E-state index contributed by atoms with van der Waals surface area (Å²) >= 11 is 0. The molecule has 1 heterocycles. The minimum Gasteiger partial charge on any atom is -0.396 e. The van der Waals surface area contributed by atoms with Crippen molar-refractivity contribution in [1.29, 1.82) is 0 Å². The average molecular weight is 173 g/mol. The quantitative estimate of drug-likeness (QED) is 0.568. The van der Waals surface area contributed by atoms with E-state index in [9.17, 15) is 0 Å². The van der Waals surface area contributed by atoms with Crippen LogP contribution in [-0.2, 0) is 0 Å². The number of aliphatic hydroxyl groups excluding tert-OH is 2. The lowest BCUT2D eigenvalue weighted by Gasteiger charge is -2.24. The Labute approximate surface area is 73.8 Å². The maximum atomic E-state index is 8.96. The smallest absolute Gasteiger partial charge is 0.0496 e. The molecule has 12 heavy (non-hydrogen) atoms. The van der Waals surface area contributed by atoms with Crippen LogP contribution in [0.15, 0.2) is 0 Å². The highest BCUT2D eigenvalue weighted by atomic mass is 16.3. The van der Waals surface area contributed by atoms with Crippen molar-refractivity contribution in [2.45, 2.75) is 38.3 Å². The standard InChI is InChI=1S/C9H19NO2/c1-9(2)4-3-8(10-9)7(5-11)6-12/h7-8,10-12H,3-6H2,1-2H3. The largest absolute Gasteiger partial charge is 0.396 e. The Morgan fingerprint density at radius 3 is 2.33 bits per heavy atom. The zero-order valence-electron chi connectivity index (χ0n) is 7.88. The Morgan fingerprint density at radius 1 is 1.42 bits per heavy atom. The number of nitrogens with one attached hydrogen (secondary N) is 1. The fourth-order valence-corrected chi connectivity index (χ4v) is 1.83. The topological polar surface area (TPSA) is 52.5 Å². The van der Waals surface area contributed by atoms with Crippen LogP contribution in [0, 0.1) is 5.92 Å². The van der Waals surface area contributed by atoms with Crippen molar-refractivity contribution in [2.24, 2.45) is 5.92 Å². The highest BCUT2D eigenvalue weighted by Crippen LogP contribution is 2.25. The van der Waals surface area contributed by atoms with Crippen LogP contribution in [0.1, 0.15) is 26.7 Å². The maximum absolute atomic E-state index is 8.96. The second-order valence-electron chi connectivity index (χ2n) is 4.30. The molecule has 1 aliphatic rings. The molecular formula is C9H19NO2. The third kappa shape index (κ3) is 2.19. The van der Waals surface area contributed by atoms with Crippen molar-refractivity contribution >= 4 is 0 Å². The summed E-state index contributed by atoms with van der Waals surface area (Å²) in [7, 11) is 0. The predicted molar refractivity (Wildman–Crippen MR) is 47.9 cm³/mol. The van der Waals surface area contributed by atoms with Gasteiger partial charge in [-0.3, -0.25) is 0 Å². The molecule has 1 rings (SSSR count). The molecule has 3 nitrogen and oxygen atoms in total. The van der Waals surface area contributed by atoms with Gasteiger partial charge in [0.2, 0.25) is 0 Å². The van der Waals surface area contributed by atoms with E-state index in [4.69, 9.17) is 10.2 Å². The summed E-state index contributed by atoms with van der Waals surface area (Å²) < 4.78 is 0. The minimum absolute atomic E-state index is 0.00627. The van der Waals surface area contributed by atoms with E-state index < -0.39 is 0 Å². The summed E-state index contributed by atoms with van der Waals surface area (Å²) in [6.07, 6.45) is 2.17. The van der Waals surface area contributed by atoms with Gasteiger partial charge < -0.3 is 15.5 Å². The predicted octanol–water partition coefficient (Wildman–Crippen LogP) is 0.118. The molecule has 1 fully saturated rings. The van der Waals surface area contributed by atoms with Crippen molar-refractivity contribution < 1.29 is 10.2 Å². The first-order valence-electron chi connectivity index (χ1n) is 4.58. The molecule has 3 heteroatoms. The maximum Gasteiger partial charge on any atom is 0.0496 e. The molecule has 1 aliphatic heterocycles.